The number of aliphatic hydroxyl groups excluding tert-OH is 3. The number of phenolic OH excluding ortho intramolecular Hbond substituents is 2. The summed E-state index contributed by atoms with van der Waals surface area (Å²) < 4.78 is 16.9. The molecule has 2 aromatic rings. The second-order valence-corrected chi connectivity index (χ2v) is 9.69. The quantitative estimate of drug-likeness (QED) is 0.219. The van der Waals surface area contributed by atoms with Crippen LogP contribution in [-0.4, -0.2) is 75.7 Å². The molecule has 0 radical (unpaired) electrons. The standard InChI is InChI=1S/C29H38O9/c1-5-18-14-22(37-29-27(35)26(34)28(36-4)23(15-30)38-29)20(12-6-16(2)3)25(33)24(18)21(32)13-9-17-7-10-19(31)11-8-17/h6-8,10-11,14,23,26-31,33-35H,5,9,12-13,15H2,1-4H3/t23-,26-,27-,28-,29-/m1/s1. The molecule has 1 fully saturated rings. The van der Waals surface area contributed by atoms with Crippen LogP contribution < -0.4 is 4.74 Å². The molecule has 0 unspecified atom stereocenters. The molecule has 3 rings (SSSR count). The molecule has 0 amide bonds. The molecule has 0 spiro atoms. The summed E-state index contributed by atoms with van der Waals surface area (Å²) in [6, 6.07) is 8.28. The number of phenols is 2. The Morgan fingerprint density at radius 1 is 1.11 bits per heavy atom. The summed E-state index contributed by atoms with van der Waals surface area (Å²) >= 11 is 0. The third-order valence-corrected chi connectivity index (χ3v) is 6.73. The molecular formula is C29H38O9. The van der Waals surface area contributed by atoms with Crippen molar-refractivity contribution in [1.82, 2.24) is 0 Å². The number of ether oxygens (including phenoxy) is 3. The predicted octanol–water partition coefficient (Wildman–Crippen LogP) is 2.82. The minimum absolute atomic E-state index is 0.146. The normalized spacial score (nSPS) is 23.2. The Bertz CT molecular complexity index is 1120. The first-order valence-corrected chi connectivity index (χ1v) is 12.7. The van der Waals surface area contributed by atoms with E-state index < -0.39 is 37.3 Å². The average Bonchev–Trinajstić information content (AvgIpc) is 2.89. The van der Waals surface area contributed by atoms with Crippen LogP contribution in [0, 0.1) is 0 Å². The molecule has 38 heavy (non-hydrogen) atoms. The molecule has 2 aromatic carbocycles. The van der Waals surface area contributed by atoms with Crippen LogP contribution in [0.5, 0.6) is 17.2 Å². The van der Waals surface area contributed by atoms with Gasteiger partial charge in [-0.15, -0.1) is 0 Å². The maximum atomic E-state index is 13.3. The zero-order chi connectivity index (χ0) is 28.0. The zero-order valence-corrected chi connectivity index (χ0v) is 22.3. The lowest BCUT2D eigenvalue weighted by Gasteiger charge is -2.41. The van der Waals surface area contributed by atoms with Gasteiger partial charge in [0.25, 0.3) is 0 Å². The van der Waals surface area contributed by atoms with E-state index in [1.807, 2.05) is 26.8 Å². The molecule has 208 valence electrons. The highest BCUT2D eigenvalue weighted by Gasteiger charge is 2.46. The van der Waals surface area contributed by atoms with Gasteiger partial charge in [-0.1, -0.05) is 30.7 Å². The Labute approximate surface area is 222 Å². The highest BCUT2D eigenvalue weighted by molar-refractivity contribution is 6.01. The third kappa shape index (κ3) is 6.73. The fourth-order valence-corrected chi connectivity index (χ4v) is 4.55. The van der Waals surface area contributed by atoms with Gasteiger partial charge in [-0.3, -0.25) is 4.79 Å². The summed E-state index contributed by atoms with van der Waals surface area (Å²) in [6.45, 7) is 5.20. The molecule has 0 bridgehead atoms. The lowest BCUT2D eigenvalue weighted by atomic mass is 9.92. The van der Waals surface area contributed by atoms with Crippen molar-refractivity contribution in [2.24, 2.45) is 0 Å². The van der Waals surface area contributed by atoms with Crippen LogP contribution in [0.4, 0.5) is 0 Å². The van der Waals surface area contributed by atoms with Crippen LogP contribution in [0.15, 0.2) is 42.0 Å². The Morgan fingerprint density at radius 3 is 2.37 bits per heavy atom. The van der Waals surface area contributed by atoms with Gasteiger partial charge in [0.15, 0.2) is 5.78 Å². The molecule has 1 saturated heterocycles. The van der Waals surface area contributed by atoms with Crippen molar-refractivity contribution >= 4 is 5.78 Å². The number of aryl methyl sites for hydroxylation is 2. The van der Waals surface area contributed by atoms with Gasteiger partial charge >= 0.3 is 0 Å². The van der Waals surface area contributed by atoms with E-state index in [2.05, 4.69) is 0 Å². The lowest BCUT2D eigenvalue weighted by molar-refractivity contribution is -0.282. The second kappa shape index (κ2) is 13.2. The molecule has 0 aliphatic carbocycles. The smallest absolute Gasteiger partial charge is 0.229 e. The maximum absolute atomic E-state index is 13.3. The van der Waals surface area contributed by atoms with E-state index in [1.54, 1.807) is 30.3 Å². The van der Waals surface area contributed by atoms with Gasteiger partial charge in [-0.2, -0.15) is 0 Å². The number of aromatic hydroxyl groups is 2. The summed E-state index contributed by atoms with van der Waals surface area (Å²) in [7, 11) is 1.34. The second-order valence-electron chi connectivity index (χ2n) is 9.69. The van der Waals surface area contributed by atoms with Gasteiger partial charge in [0.2, 0.25) is 6.29 Å². The first kappa shape index (κ1) is 29.6. The highest BCUT2D eigenvalue weighted by atomic mass is 16.7. The minimum atomic E-state index is -1.49. The Balaban J connectivity index is 1.96. The third-order valence-electron chi connectivity index (χ3n) is 6.73. The maximum Gasteiger partial charge on any atom is 0.229 e. The van der Waals surface area contributed by atoms with Crippen molar-refractivity contribution < 1.29 is 44.5 Å². The number of ketones is 1. The van der Waals surface area contributed by atoms with Crippen LogP contribution in [0.3, 0.4) is 0 Å². The van der Waals surface area contributed by atoms with Crippen molar-refractivity contribution in [2.75, 3.05) is 13.7 Å². The van der Waals surface area contributed by atoms with Gasteiger partial charge < -0.3 is 39.7 Å². The summed E-state index contributed by atoms with van der Waals surface area (Å²) in [5.41, 5.74) is 2.99. The molecule has 0 saturated carbocycles. The van der Waals surface area contributed by atoms with Crippen molar-refractivity contribution in [3.63, 3.8) is 0 Å². The number of carbonyl (C=O) groups excluding carboxylic acids is 1. The van der Waals surface area contributed by atoms with Gasteiger partial charge in [0, 0.05) is 19.1 Å². The van der Waals surface area contributed by atoms with Gasteiger partial charge in [-0.05, 0) is 62.4 Å². The summed E-state index contributed by atoms with van der Waals surface area (Å²) in [4.78, 5) is 13.3. The van der Waals surface area contributed by atoms with Gasteiger partial charge in [0.05, 0.1) is 12.2 Å². The number of benzene rings is 2. The zero-order valence-electron chi connectivity index (χ0n) is 22.3. The number of hydrogen-bond acceptors (Lipinski definition) is 9. The Morgan fingerprint density at radius 2 is 1.79 bits per heavy atom. The van der Waals surface area contributed by atoms with E-state index in [0.717, 1.165) is 11.1 Å². The molecule has 5 atom stereocenters. The highest BCUT2D eigenvalue weighted by Crippen LogP contribution is 2.38. The topological polar surface area (TPSA) is 146 Å². The largest absolute Gasteiger partial charge is 0.508 e. The average molecular weight is 531 g/mol. The number of aliphatic hydroxyl groups is 3. The molecule has 0 aromatic heterocycles. The summed E-state index contributed by atoms with van der Waals surface area (Å²) in [5.74, 6) is -0.0826. The lowest BCUT2D eigenvalue weighted by Crippen LogP contribution is -2.60. The van der Waals surface area contributed by atoms with Crippen LogP contribution in [0.1, 0.15) is 54.2 Å². The molecule has 1 aliphatic heterocycles. The number of allylic oxidation sites excluding steroid dienone is 2. The first-order valence-electron chi connectivity index (χ1n) is 12.7. The van der Waals surface area contributed by atoms with E-state index in [0.29, 0.717) is 24.0 Å². The molecule has 1 heterocycles. The molecule has 1 aliphatic rings. The van der Waals surface area contributed by atoms with Gasteiger partial charge in [-0.25, -0.2) is 0 Å². The molecule has 9 nitrogen and oxygen atoms in total. The molecule has 9 heteroatoms. The summed E-state index contributed by atoms with van der Waals surface area (Å²) in [6.07, 6.45) is -2.96. The van der Waals surface area contributed by atoms with E-state index in [4.69, 9.17) is 14.2 Å². The van der Waals surface area contributed by atoms with Crippen molar-refractivity contribution in [3.05, 3.63) is 64.2 Å². The van der Waals surface area contributed by atoms with Crippen LogP contribution in [-0.2, 0) is 28.7 Å². The van der Waals surface area contributed by atoms with Crippen LogP contribution in [0.2, 0.25) is 0 Å². The van der Waals surface area contributed by atoms with Crippen molar-refractivity contribution in [3.8, 4) is 17.2 Å². The molecular weight excluding hydrogens is 492 g/mol. The van der Waals surface area contributed by atoms with E-state index in [-0.39, 0.29) is 41.4 Å². The number of methoxy groups -OCH3 is 1. The minimum Gasteiger partial charge on any atom is -0.508 e. The fraction of sp³-hybridized carbons (Fsp3) is 0.483. The van der Waals surface area contributed by atoms with E-state index in [9.17, 15) is 30.3 Å². The van der Waals surface area contributed by atoms with Crippen molar-refractivity contribution in [2.45, 2.75) is 77.2 Å². The van der Waals surface area contributed by atoms with E-state index >= 15 is 0 Å². The number of hydrogen-bond donors (Lipinski definition) is 5. The van der Waals surface area contributed by atoms with Crippen LogP contribution in [0.25, 0.3) is 0 Å². The molecule has 5 N–H and O–H groups in total. The fourth-order valence-electron chi connectivity index (χ4n) is 4.55. The number of Topliss-reactive ketones (excluding diaryl/α,β-unsaturated/α-hetero) is 1. The Kier molecular flexibility index (Phi) is 10.3. The first-order chi connectivity index (χ1) is 18.1. The van der Waals surface area contributed by atoms with Crippen LogP contribution >= 0.6 is 0 Å². The monoisotopic (exact) mass is 530 g/mol. The number of rotatable bonds is 11. The number of carbonyl (C=O) groups is 1. The van der Waals surface area contributed by atoms with E-state index in [1.165, 1.54) is 7.11 Å². The van der Waals surface area contributed by atoms with Gasteiger partial charge in [0.1, 0.15) is 41.7 Å². The Hall–Kier alpha value is -2.95. The predicted molar refractivity (Wildman–Crippen MR) is 141 cm³/mol. The van der Waals surface area contributed by atoms with Crippen molar-refractivity contribution in [1.29, 1.82) is 0 Å². The SMILES string of the molecule is CCc1cc(O[C@@H]2O[C@H](CO)[C@@H](OC)[C@H](O)[C@H]2O)c(CC=C(C)C)c(O)c1C(=O)CCc1ccc(O)cc1. The summed E-state index contributed by atoms with van der Waals surface area (Å²) in [5, 5.41) is 51.7.